The minimum Gasteiger partial charge on any atom is -0.258 e. The van der Waals surface area contributed by atoms with Gasteiger partial charge in [0.2, 0.25) is 0 Å². The van der Waals surface area contributed by atoms with Crippen LogP contribution in [0.5, 0.6) is 0 Å². The lowest BCUT2D eigenvalue weighted by Gasteiger charge is -1.99. The van der Waals surface area contributed by atoms with Crippen LogP contribution in [0, 0.1) is 17.0 Å². The Kier molecular flexibility index (Phi) is 3.19. The molecule has 0 fully saturated rings. The number of nitrogens with zero attached hydrogens (tertiary/aromatic N) is 4. The number of hydrogen-bond donors (Lipinski definition) is 0. The third-order valence-corrected chi connectivity index (χ3v) is 3.14. The van der Waals surface area contributed by atoms with Gasteiger partial charge >= 0.3 is 0 Å². The molecule has 1 heterocycles. The molecule has 0 aliphatic rings. The Labute approximate surface area is 120 Å². The van der Waals surface area contributed by atoms with Gasteiger partial charge in [0.25, 0.3) is 5.69 Å². The van der Waals surface area contributed by atoms with E-state index in [1.54, 1.807) is 23.0 Å². The Morgan fingerprint density at radius 1 is 1.14 bits per heavy atom. The molecular formula is C15H12N4O2. The second kappa shape index (κ2) is 5.16. The third-order valence-electron chi connectivity index (χ3n) is 3.14. The van der Waals surface area contributed by atoms with Crippen LogP contribution in [-0.2, 0) is 0 Å². The number of nitro groups is 1. The number of hydrogen-bond acceptors (Lipinski definition) is 4. The fourth-order valence-corrected chi connectivity index (χ4v) is 2.00. The Balaban J connectivity index is 1.96. The van der Waals surface area contributed by atoms with Crippen LogP contribution in [0.3, 0.4) is 0 Å². The summed E-state index contributed by atoms with van der Waals surface area (Å²) >= 11 is 0. The predicted octanol–water partition coefficient (Wildman–Crippen LogP) is 3.15. The molecule has 0 N–H and O–H groups in total. The molecule has 3 aromatic rings. The maximum Gasteiger partial charge on any atom is 0.270 e. The van der Waals surface area contributed by atoms with Gasteiger partial charge in [-0.05, 0) is 19.1 Å². The topological polar surface area (TPSA) is 73.8 Å². The molecule has 3 rings (SSSR count). The van der Waals surface area contributed by atoms with Crippen LogP contribution in [0.25, 0.3) is 16.9 Å². The van der Waals surface area contributed by atoms with Gasteiger partial charge in [0.15, 0.2) is 0 Å². The third kappa shape index (κ3) is 2.64. The van der Waals surface area contributed by atoms with E-state index in [-0.39, 0.29) is 5.69 Å². The second-order valence-corrected chi connectivity index (χ2v) is 4.69. The zero-order chi connectivity index (χ0) is 14.8. The van der Waals surface area contributed by atoms with Gasteiger partial charge in [-0.25, -0.2) is 4.68 Å². The minimum atomic E-state index is -0.423. The lowest BCUT2D eigenvalue weighted by molar-refractivity contribution is -0.384. The minimum absolute atomic E-state index is 0.0392. The molecule has 0 atom stereocenters. The molecule has 0 radical (unpaired) electrons. The van der Waals surface area contributed by atoms with Crippen LogP contribution in [0.1, 0.15) is 5.56 Å². The van der Waals surface area contributed by atoms with Crippen molar-refractivity contribution >= 4 is 5.69 Å². The smallest absolute Gasteiger partial charge is 0.258 e. The highest BCUT2D eigenvalue weighted by molar-refractivity contribution is 5.61. The van der Waals surface area contributed by atoms with E-state index in [1.165, 1.54) is 12.1 Å². The van der Waals surface area contributed by atoms with Gasteiger partial charge in [-0.2, -0.15) is 0 Å². The summed E-state index contributed by atoms with van der Waals surface area (Å²) in [5.74, 6) is 0. The molecule has 0 bridgehead atoms. The van der Waals surface area contributed by atoms with Crippen LogP contribution in [0.4, 0.5) is 5.69 Å². The maximum atomic E-state index is 10.8. The molecule has 6 nitrogen and oxygen atoms in total. The molecular weight excluding hydrogens is 268 g/mol. The number of rotatable bonds is 3. The molecule has 1 aromatic heterocycles. The van der Waals surface area contributed by atoms with Gasteiger partial charge in [0.1, 0.15) is 5.69 Å². The Morgan fingerprint density at radius 3 is 2.62 bits per heavy atom. The molecule has 2 aromatic carbocycles. The standard InChI is InChI=1S/C15H12N4O2/c1-11-5-7-13(8-6-11)18-10-15(16-17-18)12-3-2-4-14(9-12)19(20)21/h2-10H,1H3. The number of benzene rings is 2. The summed E-state index contributed by atoms with van der Waals surface area (Å²) in [7, 11) is 0. The fourth-order valence-electron chi connectivity index (χ4n) is 2.00. The highest BCUT2D eigenvalue weighted by Crippen LogP contribution is 2.22. The van der Waals surface area contributed by atoms with Gasteiger partial charge in [0, 0.05) is 17.7 Å². The van der Waals surface area contributed by atoms with Crippen molar-refractivity contribution in [3.05, 3.63) is 70.4 Å². The van der Waals surface area contributed by atoms with Crippen molar-refractivity contribution in [1.29, 1.82) is 0 Å². The summed E-state index contributed by atoms with van der Waals surface area (Å²) in [6.07, 6.45) is 1.75. The molecule has 0 saturated heterocycles. The van der Waals surface area contributed by atoms with Crippen LogP contribution in [0.2, 0.25) is 0 Å². The fraction of sp³-hybridized carbons (Fsp3) is 0.0667. The van der Waals surface area contributed by atoms with Crippen LogP contribution in [0.15, 0.2) is 54.7 Å². The first-order chi connectivity index (χ1) is 10.1. The molecule has 0 saturated carbocycles. The molecule has 0 amide bonds. The first-order valence-corrected chi connectivity index (χ1v) is 6.38. The van der Waals surface area contributed by atoms with Crippen molar-refractivity contribution in [2.75, 3.05) is 0 Å². The van der Waals surface area contributed by atoms with E-state index in [0.717, 1.165) is 11.3 Å². The van der Waals surface area contributed by atoms with E-state index in [1.807, 2.05) is 31.2 Å². The van der Waals surface area contributed by atoms with Gasteiger partial charge in [-0.15, -0.1) is 5.10 Å². The Bertz CT molecular complexity index is 793. The number of non-ortho nitro benzene ring substituents is 1. The van der Waals surface area contributed by atoms with E-state index in [4.69, 9.17) is 0 Å². The highest BCUT2D eigenvalue weighted by atomic mass is 16.6. The molecule has 0 aliphatic heterocycles. The monoisotopic (exact) mass is 280 g/mol. The average Bonchev–Trinajstić information content (AvgIpc) is 2.98. The first kappa shape index (κ1) is 13.0. The normalized spacial score (nSPS) is 10.5. The van der Waals surface area contributed by atoms with Crippen molar-refractivity contribution in [2.24, 2.45) is 0 Å². The molecule has 104 valence electrons. The van der Waals surface area contributed by atoms with Gasteiger partial charge in [-0.3, -0.25) is 10.1 Å². The zero-order valence-corrected chi connectivity index (χ0v) is 11.3. The first-order valence-electron chi connectivity index (χ1n) is 6.38. The number of aromatic nitrogens is 3. The predicted molar refractivity (Wildman–Crippen MR) is 78.2 cm³/mol. The summed E-state index contributed by atoms with van der Waals surface area (Å²) in [4.78, 5) is 10.4. The summed E-state index contributed by atoms with van der Waals surface area (Å²) < 4.78 is 1.65. The Hall–Kier alpha value is -3.02. The van der Waals surface area contributed by atoms with Crippen molar-refractivity contribution in [3.63, 3.8) is 0 Å². The lowest BCUT2D eigenvalue weighted by Crippen LogP contribution is -1.94. The highest BCUT2D eigenvalue weighted by Gasteiger charge is 2.10. The largest absolute Gasteiger partial charge is 0.270 e. The quantitative estimate of drug-likeness (QED) is 0.545. The lowest BCUT2D eigenvalue weighted by atomic mass is 10.1. The van der Waals surface area contributed by atoms with E-state index < -0.39 is 4.92 Å². The van der Waals surface area contributed by atoms with Gasteiger partial charge in [0.05, 0.1) is 16.8 Å². The maximum absolute atomic E-state index is 10.8. The van der Waals surface area contributed by atoms with E-state index in [0.29, 0.717) is 11.3 Å². The summed E-state index contributed by atoms with van der Waals surface area (Å²) in [6, 6.07) is 14.2. The second-order valence-electron chi connectivity index (χ2n) is 4.69. The van der Waals surface area contributed by atoms with Crippen LogP contribution >= 0.6 is 0 Å². The number of nitro benzene ring substituents is 1. The SMILES string of the molecule is Cc1ccc(-n2cc(-c3cccc([N+](=O)[O-])c3)nn2)cc1. The molecule has 0 spiro atoms. The van der Waals surface area contributed by atoms with Crippen molar-refractivity contribution < 1.29 is 4.92 Å². The molecule has 0 unspecified atom stereocenters. The Morgan fingerprint density at radius 2 is 1.90 bits per heavy atom. The van der Waals surface area contributed by atoms with Gasteiger partial charge < -0.3 is 0 Å². The van der Waals surface area contributed by atoms with E-state index >= 15 is 0 Å². The van der Waals surface area contributed by atoms with E-state index in [9.17, 15) is 10.1 Å². The summed E-state index contributed by atoms with van der Waals surface area (Å²) in [5, 5.41) is 18.9. The van der Waals surface area contributed by atoms with Crippen LogP contribution < -0.4 is 0 Å². The molecule has 0 aliphatic carbocycles. The molecule has 6 heteroatoms. The van der Waals surface area contributed by atoms with E-state index in [2.05, 4.69) is 10.3 Å². The summed E-state index contributed by atoms with van der Waals surface area (Å²) in [6.45, 7) is 2.01. The zero-order valence-electron chi connectivity index (χ0n) is 11.3. The van der Waals surface area contributed by atoms with Crippen molar-refractivity contribution in [2.45, 2.75) is 6.92 Å². The van der Waals surface area contributed by atoms with Crippen LogP contribution in [-0.4, -0.2) is 19.9 Å². The molecule has 21 heavy (non-hydrogen) atoms. The number of aryl methyl sites for hydroxylation is 1. The van der Waals surface area contributed by atoms with Crippen molar-refractivity contribution in [1.82, 2.24) is 15.0 Å². The summed E-state index contributed by atoms with van der Waals surface area (Å²) in [5.41, 5.74) is 3.36. The van der Waals surface area contributed by atoms with Crippen molar-refractivity contribution in [3.8, 4) is 16.9 Å². The average molecular weight is 280 g/mol. The van der Waals surface area contributed by atoms with Gasteiger partial charge in [-0.1, -0.05) is 35.0 Å².